The summed E-state index contributed by atoms with van der Waals surface area (Å²) in [6.07, 6.45) is 6.13. The lowest BCUT2D eigenvalue weighted by atomic mass is 10.2. The van der Waals surface area contributed by atoms with E-state index in [0.717, 1.165) is 30.1 Å². The fourth-order valence-electron chi connectivity index (χ4n) is 2.86. The molecule has 0 spiro atoms. The summed E-state index contributed by atoms with van der Waals surface area (Å²) in [5.74, 6) is 1.38. The first-order valence-corrected chi connectivity index (χ1v) is 9.13. The van der Waals surface area contributed by atoms with E-state index in [9.17, 15) is 4.79 Å². The van der Waals surface area contributed by atoms with E-state index in [2.05, 4.69) is 15.3 Å². The molecular formula is C22H24N4O2. The van der Waals surface area contributed by atoms with Crippen molar-refractivity contribution < 1.29 is 9.53 Å². The fourth-order valence-corrected chi connectivity index (χ4v) is 2.86. The molecule has 1 N–H and O–H groups in total. The van der Waals surface area contributed by atoms with Gasteiger partial charge in [0.15, 0.2) is 0 Å². The second-order valence-corrected chi connectivity index (χ2v) is 6.42. The van der Waals surface area contributed by atoms with E-state index < -0.39 is 0 Å². The predicted molar refractivity (Wildman–Crippen MR) is 110 cm³/mol. The van der Waals surface area contributed by atoms with Crippen LogP contribution in [0.3, 0.4) is 0 Å². The van der Waals surface area contributed by atoms with Gasteiger partial charge < -0.3 is 15.0 Å². The van der Waals surface area contributed by atoms with Gasteiger partial charge >= 0.3 is 0 Å². The Morgan fingerprint density at radius 2 is 1.89 bits per heavy atom. The molecule has 0 saturated carbocycles. The maximum Gasteiger partial charge on any atom is 0.251 e. The minimum absolute atomic E-state index is 0.142. The van der Waals surface area contributed by atoms with Crippen LogP contribution in [0.4, 0.5) is 5.82 Å². The van der Waals surface area contributed by atoms with E-state index in [1.807, 2.05) is 54.4 Å². The number of amides is 1. The van der Waals surface area contributed by atoms with E-state index in [1.165, 1.54) is 5.56 Å². The van der Waals surface area contributed by atoms with Crippen molar-refractivity contribution in [3.8, 4) is 5.75 Å². The zero-order chi connectivity index (χ0) is 19.8. The third-order valence-electron chi connectivity index (χ3n) is 4.52. The average molecular weight is 376 g/mol. The van der Waals surface area contributed by atoms with Gasteiger partial charge in [-0.05, 0) is 42.3 Å². The third kappa shape index (κ3) is 5.07. The monoisotopic (exact) mass is 376 g/mol. The van der Waals surface area contributed by atoms with E-state index >= 15 is 0 Å². The number of aromatic nitrogens is 2. The maximum absolute atomic E-state index is 12.6. The number of carbonyl (C=O) groups excluding carboxylic acids is 1. The Morgan fingerprint density at radius 3 is 2.68 bits per heavy atom. The Morgan fingerprint density at radius 1 is 1.11 bits per heavy atom. The zero-order valence-electron chi connectivity index (χ0n) is 16.1. The second-order valence-electron chi connectivity index (χ2n) is 6.42. The van der Waals surface area contributed by atoms with E-state index in [0.29, 0.717) is 12.1 Å². The van der Waals surface area contributed by atoms with Crippen LogP contribution in [0.1, 0.15) is 21.5 Å². The van der Waals surface area contributed by atoms with Crippen molar-refractivity contribution in [3.63, 3.8) is 0 Å². The predicted octanol–water partition coefficient (Wildman–Crippen LogP) is 3.09. The van der Waals surface area contributed by atoms with Crippen molar-refractivity contribution in [3.05, 3.63) is 83.8 Å². The van der Waals surface area contributed by atoms with Crippen LogP contribution in [-0.2, 0) is 13.0 Å². The van der Waals surface area contributed by atoms with Crippen molar-refractivity contribution in [1.29, 1.82) is 0 Å². The molecule has 6 heteroatoms. The number of carbonyl (C=O) groups is 1. The van der Waals surface area contributed by atoms with Gasteiger partial charge in [-0.25, -0.2) is 4.98 Å². The van der Waals surface area contributed by atoms with Gasteiger partial charge in [0, 0.05) is 49.9 Å². The molecule has 0 aliphatic rings. The van der Waals surface area contributed by atoms with Gasteiger partial charge in [0.05, 0.1) is 7.11 Å². The van der Waals surface area contributed by atoms with Crippen LogP contribution in [0.15, 0.2) is 67.1 Å². The minimum Gasteiger partial charge on any atom is -0.496 e. The molecule has 2 aromatic heterocycles. The Kier molecular flexibility index (Phi) is 6.57. The van der Waals surface area contributed by atoms with Crippen molar-refractivity contribution in [1.82, 2.24) is 15.3 Å². The van der Waals surface area contributed by atoms with Gasteiger partial charge in [-0.2, -0.15) is 0 Å². The molecule has 2 heterocycles. The molecular weight excluding hydrogens is 352 g/mol. The van der Waals surface area contributed by atoms with E-state index in [1.54, 1.807) is 31.8 Å². The van der Waals surface area contributed by atoms with Crippen LogP contribution >= 0.6 is 0 Å². The van der Waals surface area contributed by atoms with Gasteiger partial charge in [0.1, 0.15) is 11.6 Å². The SMILES string of the molecule is COc1ccccc1CNC(=O)c1ccnc(N(C)CCc2ccncc2)c1. The number of anilines is 1. The molecule has 0 radical (unpaired) electrons. The first-order valence-electron chi connectivity index (χ1n) is 9.13. The number of para-hydroxylation sites is 1. The summed E-state index contributed by atoms with van der Waals surface area (Å²) in [6, 6.07) is 15.2. The lowest BCUT2D eigenvalue weighted by Crippen LogP contribution is -2.25. The van der Waals surface area contributed by atoms with Gasteiger partial charge in [-0.15, -0.1) is 0 Å². The number of methoxy groups -OCH3 is 1. The Bertz CT molecular complexity index is 915. The highest BCUT2D eigenvalue weighted by molar-refractivity contribution is 5.94. The largest absolute Gasteiger partial charge is 0.496 e. The smallest absolute Gasteiger partial charge is 0.251 e. The van der Waals surface area contributed by atoms with Gasteiger partial charge in [0.25, 0.3) is 5.91 Å². The maximum atomic E-state index is 12.6. The van der Waals surface area contributed by atoms with Crippen LogP contribution < -0.4 is 15.0 Å². The summed E-state index contributed by atoms with van der Waals surface area (Å²) in [5.41, 5.74) is 2.73. The number of rotatable bonds is 8. The molecule has 0 saturated heterocycles. The highest BCUT2D eigenvalue weighted by Crippen LogP contribution is 2.17. The van der Waals surface area contributed by atoms with Crippen molar-refractivity contribution in [2.24, 2.45) is 0 Å². The molecule has 0 unspecified atom stereocenters. The first kappa shape index (κ1) is 19.4. The molecule has 1 amide bonds. The molecule has 0 aliphatic heterocycles. The zero-order valence-corrected chi connectivity index (χ0v) is 16.1. The molecule has 0 bridgehead atoms. The number of nitrogens with one attached hydrogen (secondary N) is 1. The highest BCUT2D eigenvalue weighted by atomic mass is 16.5. The third-order valence-corrected chi connectivity index (χ3v) is 4.52. The molecule has 144 valence electrons. The Hall–Kier alpha value is -3.41. The first-order chi connectivity index (χ1) is 13.7. The standard InChI is InChI=1S/C22H24N4O2/c1-26(14-10-17-7-11-23-12-8-17)21-15-18(9-13-24-21)22(27)25-16-19-5-3-4-6-20(19)28-2/h3-9,11-13,15H,10,14,16H2,1-2H3,(H,25,27). The summed E-state index contributed by atoms with van der Waals surface area (Å²) in [5, 5.41) is 2.94. The lowest BCUT2D eigenvalue weighted by Gasteiger charge is -2.18. The number of nitrogens with zero attached hydrogens (tertiary/aromatic N) is 3. The Labute approximate surface area is 165 Å². The quantitative estimate of drug-likeness (QED) is 0.654. The molecule has 3 aromatic rings. The number of ether oxygens (including phenoxy) is 1. The van der Waals surface area contributed by atoms with Crippen LogP contribution in [0.5, 0.6) is 5.75 Å². The summed E-state index contributed by atoms with van der Waals surface area (Å²) in [6.45, 7) is 1.20. The van der Waals surface area contributed by atoms with E-state index in [-0.39, 0.29) is 5.91 Å². The molecule has 1 aromatic carbocycles. The minimum atomic E-state index is -0.142. The summed E-state index contributed by atoms with van der Waals surface area (Å²) < 4.78 is 5.33. The van der Waals surface area contributed by atoms with Crippen LogP contribution in [0, 0.1) is 0 Å². The second kappa shape index (κ2) is 9.50. The summed E-state index contributed by atoms with van der Waals surface area (Å²) >= 11 is 0. The number of hydrogen-bond donors (Lipinski definition) is 1. The number of hydrogen-bond acceptors (Lipinski definition) is 5. The van der Waals surface area contributed by atoms with Crippen LogP contribution in [0.2, 0.25) is 0 Å². The normalized spacial score (nSPS) is 10.4. The van der Waals surface area contributed by atoms with Crippen LogP contribution in [0.25, 0.3) is 0 Å². The number of pyridine rings is 2. The summed E-state index contributed by atoms with van der Waals surface area (Å²) in [4.78, 5) is 23.0. The number of likely N-dealkylation sites (N-methyl/N-ethyl adjacent to an activating group) is 1. The Balaban J connectivity index is 1.61. The molecule has 3 rings (SSSR count). The van der Waals surface area contributed by atoms with Gasteiger partial charge in [-0.1, -0.05) is 18.2 Å². The molecule has 6 nitrogen and oxygen atoms in total. The lowest BCUT2D eigenvalue weighted by molar-refractivity contribution is 0.0950. The highest BCUT2D eigenvalue weighted by Gasteiger charge is 2.10. The summed E-state index contributed by atoms with van der Waals surface area (Å²) in [7, 11) is 3.59. The van der Waals surface area contributed by atoms with Crippen LogP contribution in [-0.4, -0.2) is 36.6 Å². The van der Waals surface area contributed by atoms with Gasteiger partial charge in [-0.3, -0.25) is 9.78 Å². The van der Waals surface area contributed by atoms with Crippen molar-refractivity contribution in [2.45, 2.75) is 13.0 Å². The molecule has 0 fully saturated rings. The average Bonchev–Trinajstić information content (AvgIpc) is 2.76. The molecule has 0 aliphatic carbocycles. The fraction of sp³-hybridized carbons (Fsp3) is 0.227. The van der Waals surface area contributed by atoms with Crippen molar-refractivity contribution >= 4 is 11.7 Å². The number of benzene rings is 1. The van der Waals surface area contributed by atoms with Gasteiger partial charge in [0.2, 0.25) is 0 Å². The topological polar surface area (TPSA) is 67.3 Å². The molecule has 28 heavy (non-hydrogen) atoms. The molecule has 0 atom stereocenters. The van der Waals surface area contributed by atoms with E-state index in [4.69, 9.17) is 4.74 Å². The van der Waals surface area contributed by atoms with Crippen molar-refractivity contribution in [2.75, 3.05) is 25.6 Å².